The fourth-order valence-corrected chi connectivity index (χ4v) is 1.25. The van der Waals surface area contributed by atoms with Crippen LogP contribution in [0.1, 0.15) is 33.1 Å². The van der Waals surface area contributed by atoms with Gasteiger partial charge in [-0.3, -0.25) is 0 Å². The van der Waals surface area contributed by atoms with E-state index in [2.05, 4.69) is 0 Å². The number of aliphatic hydroxyl groups is 3. The molecule has 0 amide bonds. The first-order chi connectivity index (χ1) is 5.57. The lowest BCUT2D eigenvalue weighted by molar-refractivity contribution is 0.0854. The Kier molecular flexibility index (Phi) is 6.34. The second-order valence-corrected chi connectivity index (χ2v) is 3.44. The average Bonchev–Trinajstić information content (AvgIpc) is 1.96. The van der Waals surface area contributed by atoms with Gasteiger partial charge in [-0.05, 0) is 39.0 Å². The van der Waals surface area contributed by atoms with E-state index in [4.69, 9.17) is 10.2 Å². The predicted octanol–water partition coefficient (Wildman–Crippen LogP) is 0.527. The van der Waals surface area contributed by atoms with Crippen LogP contribution in [-0.4, -0.2) is 34.1 Å². The number of hydrogen-bond donors (Lipinski definition) is 3. The first-order valence-corrected chi connectivity index (χ1v) is 4.55. The van der Waals surface area contributed by atoms with Gasteiger partial charge in [-0.25, -0.2) is 0 Å². The van der Waals surface area contributed by atoms with Crippen LogP contribution in [0.3, 0.4) is 0 Å². The van der Waals surface area contributed by atoms with Crippen molar-refractivity contribution in [3.8, 4) is 0 Å². The molecule has 0 bridgehead atoms. The lowest BCUT2D eigenvalue weighted by Crippen LogP contribution is -2.19. The zero-order valence-electron chi connectivity index (χ0n) is 7.90. The van der Waals surface area contributed by atoms with Crippen LogP contribution in [0.15, 0.2) is 0 Å². The molecule has 0 rings (SSSR count). The van der Waals surface area contributed by atoms with E-state index in [0.29, 0.717) is 12.8 Å². The van der Waals surface area contributed by atoms with Gasteiger partial charge in [0.15, 0.2) is 0 Å². The molecule has 0 aromatic carbocycles. The zero-order valence-corrected chi connectivity index (χ0v) is 7.90. The highest BCUT2D eigenvalue weighted by Crippen LogP contribution is 2.16. The Morgan fingerprint density at radius 2 is 1.58 bits per heavy atom. The van der Waals surface area contributed by atoms with Crippen molar-refractivity contribution in [1.82, 2.24) is 0 Å². The molecular formula is C9H20O3. The van der Waals surface area contributed by atoms with Gasteiger partial charge < -0.3 is 15.3 Å². The van der Waals surface area contributed by atoms with Gasteiger partial charge in [-0.1, -0.05) is 0 Å². The van der Waals surface area contributed by atoms with Crippen LogP contribution < -0.4 is 0 Å². The van der Waals surface area contributed by atoms with Crippen LogP contribution in [0.4, 0.5) is 0 Å². The molecule has 0 radical (unpaired) electrons. The molecule has 3 N–H and O–H groups in total. The molecule has 0 spiro atoms. The summed E-state index contributed by atoms with van der Waals surface area (Å²) in [6.45, 7) is 3.57. The van der Waals surface area contributed by atoms with Crippen LogP contribution in [0.25, 0.3) is 0 Å². The third kappa shape index (κ3) is 5.52. The van der Waals surface area contributed by atoms with Crippen LogP contribution in [-0.2, 0) is 0 Å². The SMILES string of the molecule is CC(O)CC[C@@H](CCO)C(C)O. The molecule has 0 aliphatic rings. The van der Waals surface area contributed by atoms with E-state index in [-0.39, 0.29) is 18.6 Å². The van der Waals surface area contributed by atoms with Crippen molar-refractivity contribution >= 4 is 0 Å². The minimum atomic E-state index is -0.393. The second kappa shape index (κ2) is 6.40. The molecule has 3 atom stereocenters. The normalized spacial score (nSPS) is 18.8. The van der Waals surface area contributed by atoms with Gasteiger partial charge in [0.1, 0.15) is 0 Å². The summed E-state index contributed by atoms with van der Waals surface area (Å²) in [6, 6.07) is 0. The monoisotopic (exact) mass is 176 g/mol. The molecule has 3 nitrogen and oxygen atoms in total. The van der Waals surface area contributed by atoms with Crippen molar-refractivity contribution in [3.05, 3.63) is 0 Å². The summed E-state index contributed by atoms with van der Waals surface area (Å²) >= 11 is 0. The van der Waals surface area contributed by atoms with E-state index >= 15 is 0 Å². The Labute approximate surface area is 74.0 Å². The molecule has 0 fully saturated rings. The van der Waals surface area contributed by atoms with Crippen molar-refractivity contribution in [1.29, 1.82) is 0 Å². The van der Waals surface area contributed by atoms with Crippen molar-refractivity contribution in [3.63, 3.8) is 0 Å². The summed E-state index contributed by atoms with van der Waals surface area (Å²) in [5, 5.41) is 26.9. The third-order valence-electron chi connectivity index (χ3n) is 2.14. The maximum absolute atomic E-state index is 9.26. The minimum Gasteiger partial charge on any atom is -0.396 e. The molecule has 0 aliphatic heterocycles. The minimum absolute atomic E-state index is 0.107. The van der Waals surface area contributed by atoms with Gasteiger partial charge in [-0.2, -0.15) is 0 Å². The zero-order chi connectivity index (χ0) is 9.56. The Bertz CT molecular complexity index is 102. The van der Waals surface area contributed by atoms with Crippen LogP contribution in [0, 0.1) is 5.92 Å². The van der Waals surface area contributed by atoms with Gasteiger partial charge >= 0.3 is 0 Å². The summed E-state index contributed by atoms with van der Waals surface area (Å²) in [6.07, 6.45) is 1.37. The molecule has 0 aromatic rings. The van der Waals surface area contributed by atoms with E-state index in [1.54, 1.807) is 13.8 Å². The van der Waals surface area contributed by atoms with E-state index in [1.807, 2.05) is 0 Å². The molecule has 12 heavy (non-hydrogen) atoms. The van der Waals surface area contributed by atoms with Crippen LogP contribution in [0.2, 0.25) is 0 Å². The van der Waals surface area contributed by atoms with E-state index in [9.17, 15) is 5.11 Å². The molecule has 74 valence electrons. The maximum atomic E-state index is 9.26. The topological polar surface area (TPSA) is 60.7 Å². The molecule has 0 heterocycles. The number of hydrogen-bond acceptors (Lipinski definition) is 3. The van der Waals surface area contributed by atoms with Crippen LogP contribution >= 0.6 is 0 Å². The Balaban J connectivity index is 3.63. The highest BCUT2D eigenvalue weighted by atomic mass is 16.3. The fraction of sp³-hybridized carbons (Fsp3) is 1.00. The largest absolute Gasteiger partial charge is 0.396 e. The standard InChI is InChI=1S/C9H20O3/c1-7(11)3-4-9(5-6-10)8(2)12/h7-12H,3-6H2,1-2H3/t7?,8?,9-/m0/s1. The van der Waals surface area contributed by atoms with E-state index in [1.165, 1.54) is 0 Å². The van der Waals surface area contributed by atoms with E-state index < -0.39 is 6.10 Å². The highest BCUT2D eigenvalue weighted by Gasteiger charge is 2.14. The molecule has 2 unspecified atom stereocenters. The van der Waals surface area contributed by atoms with E-state index in [0.717, 1.165) is 6.42 Å². The highest BCUT2D eigenvalue weighted by molar-refractivity contribution is 4.65. The fourth-order valence-electron chi connectivity index (χ4n) is 1.25. The molecule has 0 saturated heterocycles. The quantitative estimate of drug-likeness (QED) is 0.553. The summed E-state index contributed by atoms with van der Waals surface area (Å²) in [4.78, 5) is 0. The van der Waals surface area contributed by atoms with Crippen molar-refractivity contribution in [2.45, 2.75) is 45.3 Å². The summed E-state index contributed by atoms with van der Waals surface area (Å²) in [5.41, 5.74) is 0. The van der Waals surface area contributed by atoms with Crippen molar-refractivity contribution in [2.24, 2.45) is 5.92 Å². The summed E-state index contributed by atoms with van der Waals surface area (Å²) in [5.74, 6) is 0.115. The lowest BCUT2D eigenvalue weighted by atomic mass is 9.93. The van der Waals surface area contributed by atoms with Crippen LogP contribution in [0.5, 0.6) is 0 Å². The maximum Gasteiger partial charge on any atom is 0.0541 e. The molecule has 0 aliphatic carbocycles. The number of rotatable bonds is 6. The molecule has 0 saturated carbocycles. The summed E-state index contributed by atoms with van der Waals surface area (Å²) in [7, 11) is 0. The van der Waals surface area contributed by atoms with Gasteiger partial charge in [0.05, 0.1) is 12.2 Å². The van der Waals surface area contributed by atoms with Gasteiger partial charge in [0.25, 0.3) is 0 Å². The third-order valence-corrected chi connectivity index (χ3v) is 2.14. The summed E-state index contributed by atoms with van der Waals surface area (Å²) < 4.78 is 0. The Hall–Kier alpha value is -0.120. The molecular weight excluding hydrogens is 156 g/mol. The second-order valence-electron chi connectivity index (χ2n) is 3.44. The first kappa shape index (κ1) is 11.9. The molecule has 0 aromatic heterocycles. The Morgan fingerprint density at radius 1 is 1.00 bits per heavy atom. The van der Waals surface area contributed by atoms with Gasteiger partial charge in [0.2, 0.25) is 0 Å². The predicted molar refractivity (Wildman–Crippen MR) is 47.8 cm³/mol. The van der Waals surface area contributed by atoms with Crippen molar-refractivity contribution < 1.29 is 15.3 Å². The van der Waals surface area contributed by atoms with Gasteiger partial charge in [-0.15, -0.1) is 0 Å². The Morgan fingerprint density at radius 3 is 1.92 bits per heavy atom. The smallest absolute Gasteiger partial charge is 0.0541 e. The molecule has 3 heteroatoms. The lowest BCUT2D eigenvalue weighted by Gasteiger charge is -2.19. The number of aliphatic hydroxyl groups excluding tert-OH is 3. The average molecular weight is 176 g/mol. The van der Waals surface area contributed by atoms with Gasteiger partial charge in [0, 0.05) is 6.61 Å². The van der Waals surface area contributed by atoms with Crippen molar-refractivity contribution in [2.75, 3.05) is 6.61 Å². The first-order valence-electron chi connectivity index (χ1n) is 4.55.